The summed E-state index contributed by atoms with van der Waals surface area (Å²) in [5.41, 5.74) is 2.22. The third-order valence-electron chi connectivity index (χ3n) is 3.25. The van der Waals surface area contributed by atoms with Crippen LogP contribution in [0.15, 0.2) is 60.7 Å². The van der Waals surface area contributed by atoms with Crippen molar-refractivity contribution in [1.82, 2.24) is 5.32 Å². The molecule has 0 amide bonds. The van der Waals surface area contributed by atoms with E-state index in [2.05, 4.69) is 17.4 Å². The molecule has 0 spiro atoms. The SMILES string of the molecule is CC(CNCc1ccccc1)C(=O)OCc1ccccc1. The molecule has 0 bridgehead atoms. The second kappa shape index (κ2) is 8.22. The van der Waals surface area contributed by atoms with Crippen molar-refractivity contribution in [2.45, 2.75) is 20.1 Å². The summed E-state index contributed by atoms with van der Waals surface area (Å²) in [5.74, 6) is -0.322. The smallest absolute Gasteiger partial charge is 0.310 e. The number of carbonyl (C=O) groups is 1. The van der Waals surface area contributed by atoms with Crippen LogP contribution in [-0.2, 0) is 22.7 Å². The number of carbonyl (C=O) groups excluding carboxylic acids is 1. The van der Waals surface area contributed by atoms with E-state index in [4.69, 9.17) is 4.74 Å². The van der Waals surface area contributed by atoms with Crippen LogP contribution in [0.4, 0.5) is 0 Å². The van der Waals surface area contributed by atoms with Crippen molar-refractivity contribution in [3.05, 3.63) is 71.8 Å². The lowest BCUT2D eigenvalue weighted by molar-refractivity contribution is -0.149. The van der Waals surface area contributed by atoms with Crippen LogP contribution in [0.5, 0.6) is 0 Å². The number of nitrogens with one attached hydrogen (secondary N) is 1. The highest BCUT2D eigenvalue weighted by molar-refractivity contribution is 5.72. The van der Waals surface area contributed by atoms with E-state index in [1.54, 1.807) is 0 Å². The average molecular weight is 283 g/mol. The van der Waals surface area contributed by atoms with E-state index in [0.717, 1.165) is 12.1 Å². The highest BCUT2D eigenvalue weighted by Gasteiger charge is 2.13. The zero-order valence-electron chi connectivity index (χ0n) is 12.3. The molecule has 0 saturated heterocycles. The molecule has 1 atom stereocenters. The molecule has 110 valence electrons. The molecule has 0 heterocycles. The largest absolute Gasteiger partial charge is 0.461 e. The van der Waals surface area contributed by atoms with Crippen LogP contribution in [0.1, 0.15) is 18.1 Å². The van der Waals surface area contributed by atoms with Gasteiger partial charge in [-0.1, -0.05) is 67.6 Å². The van der Waals surface area contributed by atoms with E-state index >= 15 is 0 Å². The van der Waals surface area contributed by atoms with Gasteiger partial charge < -0.3 is 10.1 Å². The minimum Gasteiger partial charge on any atom is -0.461 e. The summed E-state index contributed by atoms with van der Waals surface area (Å²) in [6.07, 6.45) is 0. The van der Waals surface area contributed by atoms with E-state index in [1.807, 2.05) is 55.5 Å². The molecule has 2 aromatic rings. The Morgan fingerprint density at radius 2 is 1.57 bits per heavy atom. The van der Waals surface area contributed by atoms with Gasteiger partial charge in [0.2, 0.25) is 0 Å². The molecular weight excluding hydrogens is 262 g/mol. The molecule has 3 heteroatoms. The quantitative estimate of drug-likeness (QED) is 0.793. The first-order valence-corrected chi connectivity index (χ1v) is 7.21. The molecule has 3 nitrogen and oxygen atoms in total. The first-order valence-electron chi connectivity index (χ1n) is 7.21. The summed E-state index contributed by atoms with van der Waals surface area (Å²) in [6, 6.07) is 19.9. The Morgan fingerprint density at radius 3 is 2.19 bits per heavy atom. The summed E-state index contributed by atoms with van der Waals surface area (Å²) >= 11 is 0. The Labute approximate surface area is 126 Å². The summed E-state index contributed by atoms with van der Waals surface area (Å²) in [4.78, 5) is 11.9. The molecule has 1 unspecified atom stereocenters. The molecule has 0 aromatic heterocycles. The molecular formula is C18H21NO2. The zero-order chi connectivity index (χ0) is 14.9. The van der Waals surface area contributed by atoms with Crippen molar-refractivity contribution >= 4 is 5.97 Å². The summed E-state index contributed by atoms with van der Waals surface area (Å²) < 4.78 is 5.31. The fourth-order valence-electron chi connectivity index (χ4n) is 1.98. The third kappa shape index (κ3) is 5.40. The molecule has 0 saturated carbocycles. The molecule has 0 aliphatic heterocycles. The minimum absolute atomic E-state index is 0.155. The maximum atomic E-state index is 11.9. The molecule has 21 heavy (non-hydrogen) atoms. The highest BCUT2D eigenvalue weighted by atomic mass is 16.5. The van der Waals surface area contributed by atoms with Crippen LogP contribution in [-0.4, -0.2) is 12.5 Å². The Kier molecular flexibility index (Phi) is 5.98. The average Bonchev–Trinajstić information content (AvgIpc) is 2.54. The summed E-state index contributed by atoms with van der Waals surface area (Å²) in [7, 11) is 0. The molecule has 0 aliphatic carbocycles. The number of hydrogen-bond donors (Lipinski definition) is 1. The predicted octanol–water partition coefficient (Wildman–Crippen LogP) is 3.16. The topological polar surface area (TPSA) is 38.3 Å². The van der Waals surface area contributed by atoms with Gasteiger partial charge in [0.1, 0.15) is 6.61 Å². The van der Waals surface area contributed by atoms with Crippen molar-refractivity contribution < 1.29 is 9.53 Å². The molecule has 2 rings (SSSR count). The summed E-state index contributed by atoms with van der Waals surface area (Å²) in [6.45, 7) is 3.59. The Bertz CT molecular complexity index is 540. The van der Waals surface area contributed by atoms with E-state index in [-0.39, 0.29) is 11.9 Å². The molecule has 0 fully saturated rings. The lowest BCUT2D eigenvalue weighted by Crippen LogP contribution is -2.27. The van der Waals surface area contributed by atoms with Crippen molar-refractivity contribution in [1.29, 1.82) is 0 Å². The van der Waals surface area contributed by atoms with Crippen molar-refractivity contribution in [3.8, 4) is 0 Å². The van der Waals surface area contributed by atoms with Gasteiger partial charge in [-0.2, -0.15) is 0 Å². The Hall–Kier alpha value is -2.13. The first kappa shape index (κ1) is 15.3. The van der Waals surface area contributed by atoms with Crippen LogP contribution in [0.3, 0.4) is 0 Å². The second-order valence-electron chi connectivity index (χ2n) is 5.11. The lowest BCUT2D eigenvalue weighted by Gasteiger charge is -2.12. The van der Waals surface area contributed by atoms with Crippen molar-refractivity contribution in [2.24, 2.45) is 5.92 Å². The van der Waals surface area contributed by atoms with Crippen molar-refractivity contribution in [3.63, 3.8) is 0 Å². The van der Waals surface area contributed by atoms with Gasteiger partial charge in [0.25, 0.3) is 0 Å². The molecule has 2 aromatic carbocycles. The molecule has 0 radical (unpaired) electrons. The second-order valence-corrected chi connectivity index (χ2v) is 5.11. The van der Waals surface area contributed by atoms with Crippen molar-refractivity contribution in [2.75, 3.05) is 6.54 Å². The number of rotatable bonds is 7. The number of esters is 1. The van der Waals surface area contributed by atoms with Crippen LogP contribution >= 0.6 is 0 Å². The number of benzene rings is 2. The van der Waals surface area contributed by atoms with Crippen LogP contribution in [0.25, 0.3) is 0 Å². The highest BCUT2D eigenvalue weighted by Crippen LogP contribution is 2.05. The maximum absolute atomic E-state index is 11.9. The van der Waals surface area contributed by atoms with Gasteiger partial charge in [0.15, 0.2) is 0 Å². The van der Waals surface area contributed by atoms with Crippen LogP contribution in [0, 0.1) is 5.92 Å². The number of hydrogen-bond acceptors (Lipinski definition) is 3. The van der Waals surface area contributed by atoms with Crippen LogP contribution in [0.2, 0.25) is 0 Å². The fraction of sp³-hybridized carbons (Fsp3) is 0.278. The van der Waals surface area contributed by atoms with Gasteiger partial charge >= 0.3 is 5.97 Å². The minimum atomic E-state index is -0.167. The number of ether oxygens (including phenoxy) is 1. The predicted molar refractivity (Wildman–Crippen MR) is 83.6 cm³/mol. The Balaban J connectivity index is 1.68. The molecule has 0 aliphatic rings. The standard InChI is InChI=1S/C18H21NO2/c1-15(12-19-13-16-8-4-2-5-9-16)18(20)21-14-17-10-6-3-7-11-17/h2-11,15,19H,12-14H2,1H3. The van der Waals surface area contributed by atoms with Gasteiger partial charge in [-0.3, -0.25) is 4.79 Å². The Morgan fingerprint density at radius 1 is 1.00 bits per heavy atom. The molecule has 1 N–H and O–H groups in total. The van der Waals surface area contributed by atoms with E-state index in [0.29, 0.717) is 13.2 Å². The van der Waals surface area contributed by atoms with Gasteiger partial charge in [-0.05, 0) is 11.1 Å². The maximum Gasteiger partial charge on any atom is 0.310 e. The van der Waals surface area contributed by atoms with Gasteiger partial charge in [0, 0.05) is 13.1 Å². The lowest BCUT2D eigenvalue weighted by atomic mass is 10.1. The van der Waals surface area contributed by atoms with E-state index in [1.165, 1.54) is 5.56 Å². The zero-order valence-corrected chi connectivity index (χ0v) is 12.3. The third-order valence-corrected chi connectivity index (χ3v) is 3.25. The van der Waals surface area contributed by atoms with E-state index < -0.39 is 0 Å². The fourth-order valence-corrected chi connectivity index (χ4v) is 1.98. The van der Waals surface area contributed by atoms with Crippen LogP contribution < -0.4 is 5.32 Å². The summed E-state index contributed by atoms with van der Waals surface area (Å²) in [5, 5.41) is 3.28. The van der Waals surface area contributed by atoms with Gasteiger partial charge in [-0.25, -0.2) is 0 Å². The monoisotopic (exact) mass is 283 g/mol. The van der Waals surface area contributed by atoms with Gasteiger partial charge in [0.05, 0.1) is 5.92 Å². The van der Waals surface area contributed by atoms with Gasteiger partial charge in [-0.15, -0.1) is 0 Å². The van der Waals surface area contributed by atoms with E-state index in [9.17, 15) is 4.79 Å². The first-order chi connectivity index (χ1) is 10.3. The normalized spacial score (nSPS) is 11.9.